The fourth-order valence-electron chi connectivity index (χ4n) is 4.92. The van der Waals surface area contributed by atoms with E-state index in [2.05, 4.69) is 60.2 Å². The standard InChI is InChI=1S/C40H55N9O10S/c1-11-13-15-55-27-17-24(41-21-28(27)56-16-14-12-2)31-42-18-23(19-43-31)32(50)44-20-25-29(33(51)45-25)47-34(52)30(49-59-40(9,10)35(53)57-38(3,4)5)26-22-60-36(46-26)48-37(54)58-39(6,7)8/h17-19,21-22,25,29H,11-16,20H2,1-10H3,(H,44,50)(H,45,51)(H,47,52)(H,46,48,54)/b49-30-/t25-,29+/m1/s1. The van der Waals surface area contributed by atoms with Gasteiger partial charge in [0.2, 0.25) is 11.5 Å². The average Bonchev–Trinajstić information content (AvgIpc) is 3.62. The highest BCUT2D eigenvalue weighted by atomic mass is 32.1. The van der Waals surface area contributed by atoms with Crippen LogP contribution < -0.4 is 30.7 Å². The fourth-order valence-corrected chi connectivity index (χ4v) is 5.60. The lowest BCUT2D eigenvalue weighted by atomic mass is 9.98. The molecule has 1 aliphatic heterocycles. The summed E-state index contributed by atoms with van der Waals surface area (Å²) in [5.74, 6) is -1.37. The first kappa shape index (κ1) is 46.8. The third-order valence-electron chi connectivity index (χ3n) is 8.09. The van der Waals surface area contributed by atoms with E-state index >= 15 is 0 Å². The number of ether oxygens (including phenoxy) is 4. The Morgan fingerprint density at radius 1 is 0.867 bits per heavy atom. The van der Waals surface area contributed by atoms with Crippen molar-refractivity contribution in [1.82, 2.24) is 35.9 Å². The third-order valence-corrected chi connectivity index (χ3v) is 8.85. The Morgan fingerprint density at radius 2 is 1.50 bits per heavy atom. The molecule has 3 aromatic rings. The molecule has 60 heavy (non-hydrogen) atoms. The molecule has 1 saturated heterocycles. The lowest BCUT2D eigenvalue weighted by Crippen LogP contribution is -2.72. The number of thiazole rings is 1. The van der Waals surface area contributed by atoms with Crippen molar-refractivity contribution in [3.63, 3.8) is 0 Å². The van der Waals surface area contributed by atoms with Gasteiger partial charge in [-0.2, -0.15) is 0 Å². The number of β-lactam (4-membered cyclic amide) rings is 1. The second kappa shape index (κ2) is 20.4. The predicted octanol–water partition coefficient (Wildman–Crippen LogP) is 4.95. The molecule has 1 fully saturated rings. The third kappa shape index (κ3) is 13.8. The average molecular weight is 854 g/mol. The van der Waals surface area contributed by atoms with Crippen LogP contribution in [0.15, 0.2) is 35.2 Å². The predicted molar refractivity (Wildman–Crippen MR) is 222 cm³/mol. The molecule has 4 N–H and O–H groups in total. The van der Waals surface area contributed by atoms with E-state index in [1.54, 1.807) is 53.8 Å². The number of hydrogen-bond donors (Lipinski definition) is 4. The highest BCUT2D eigenvalue weighted by Crippen LogP contribution is 2.30. The SMILES string of the molecule is CCCCOc1cnc(-c2ncc(C(=O)NC[C@H]3NC(=O)[C@H]3NC(=O)/C(=N\OC(C)(C)C(=O)OC(C)(C)C)c3csc(NC(=O)OC(C)(C)C)n3)cn2)cc1OCCCC. The number of hydrogen-bond acceptors (Lipinski definition) is 16. The molecule has 0 saturated carbocycles. The highest BCUT2D eigenvalue weighted by molar-refractivity contribution is 7.14. The van der Waals surface area contributed by atoms with Crippen LogP contribution in [0, 0.1) is 0 Å². The van der Waals surface area contributed by atoms with Crippen LogP contribution in [0.25, 0.3) is 11.5 Å². The number of amides is 4. The van der Waals surface area contributed by atoms with Crippen molar-refractivity contribution in [2.45, 2.75) is 124 Å². The zero-order valence-corrected chi connectivity index (χ0v) is 36.5. The first-order chi connectivity index (χ1) is 28.2. The van der Waals surface area contributed by atoms with Gasteiger partial charge in [0.25, 0.3) is 11.8 Å². The summed E-state index contributed by atoms with van der Waals surface area (Å²) in [7, 11) is 0. The normalized spacial score (nSPS) is 15.5. The minimum atomic E-state index is -1.65. The molecule has 0 spiro atoms. The van der Waals surface area contributed by atoms with Gasteiger partial charge in [0.15, 0.2) is 28.2 Å². The van der Waals surface area contributed by atoms with Crippen molar-refractivity contribution in [1.29, 1.82) is 0 Å². The highest BCUT2D eigenvalue weighted by Gasteiger charge is 2.42. The van der Waals surface area contributed by atoms with Crippen LogP contribution in [0.1, 0.15) is 111 Å². The summed E-state index contributed by atoms with van der Waals surface area (Å²) in [6, 6.07) is -0.121. The molecule has 4 heterocycles. The van der Waals surface area contributed by atoms with Gasteiger partial charge in [-0.05, 0) is 68.2 Å². The number of nitrogens with zero attached hydrogens (tertiary/aromatic N) is 5. The molecule has 19 nitrogen and oxygen atoms in total. The van der Waals surface area contributed by atoms with E-state index < -0.39 is 64.4 Å². The second-order valence-electron chi connectivity index (χ2n) is 16.2. The maximum absolute atomic E-state index is 13.8. The Kier molecular flexibility index (Phi) is 15.9. The summed E-state index contributed by atoms with van der Waals surface area (Å²) in [5.41, 5.74) is -3.14. The van der Waals surface area contributed by atoms with Crippen molar-refractivity contribution in [2.75, 3.05) is 25.1 Å². The molecule has 0 aliphatic carbocycles. The van der Waals surface area contributed by atoms with Crippen LogP contribution in [0.4, 0.5) is 9.93 Å². The van der Waals surface area contributed by atoms with Crippen LogP contribution in [0.3, 0.4) is 0 Å². The van der Waals surface area contributed by atoms with Crippen molar-refractivity contribution in [3.8, 4) is 23.0 Å². The molecule has 4 rings (SSSR count). The number of rotatable bonds is 19. The number of anilines is 1. The van der Waals surface area contributed by atoms with Crippen LogP contribution in [-0.4, -0.2) is 104 Å². The molecule has 0 unspecified atom stereocenters. The second-order valence-corrected chi connectivity index (χ2v) is 17.1. The number of pyridine rings is 1. The largest absolute Gasteiger partial charge is 0.490 e. The van der Waals surface area contributed by atoms with Gasteiger partial charge < -0.3 is 39.7 Å². The lowest BCUT2D eigenvalue weighted by molar-refractivity contribution is -0.179. The molecule has 3 aromatic heterocycles. The molecule has 1 aliphatic rings. The molecular formula is C40H55N9O10S. The summed E-state index contributed by atoms with van der Waals surface area (Å²) >= 11 is 0.971. The monoisotopic (exact) mass is 853 g/mol. The zero-order valence-electron chi connectivity index (χ0n) is 35.7. The lowest BCUT2D eigenvalue weighted by Gasteiger charge is -2.37. The molecule has 0 bridgehead atoms. The van der Waals surface area contributed by atoms with Crippen molar-refractivity contribution in [3.05, 3.63) is 41.3 Å². The number of carbonyl (C=O) groups excluding carboxylic acids is 5. The van der Waals surface area contributed by atoms with Crippen molar-refractivity contribution < 1.29 is 47.8 Å². The topological polar surface area (TPSA) is 244 Å². The minimum Gasteiger partial charge on any atom is -0.490 e. The number of esters is 1. The fraction of sp³-hybridized carbons (Fsp3) is 0.550. The number of nitrogens with one attached hydrogen (secondary N) is 4. The van der Waals surface area contributed by atoms with Gasteiger partial charge in [0.05, 0.1) is 31.0 Å². The smallest absolute Gasteiger partial charge is 0.413 e. The van der Waals surface area contributed by atoms with Gasteiger partial charge in [-0.3, -0.25) is 19.7 Å². The van der Waals surface area contributed by atoms with E-state index in [0.29, 0.717) is 30.4 Å². The summed E-state index contributed by atoms with van der Waals surface area (Å²) < 4.78 is 22.5. The summed E-state index contributed by atoms with van der Waals surface area (Å²) in [6.45, 7) is 18.1. The molecule has 0 radical (unpaired) electrons. The Bertz CT molecular complexity index is 2020. The van der Waals surface area contributed by atoms with Crippen LogP contribution >= 0.6 is 11.3 Å². The number of carbonyl (C=O) groups is 5. The van der Waals surface area contributed by atoms with E-state index in [9.17, 15) is 24.0 Å². The molecule has 4 amide bonds. The van der Waals surface area contributed by atoms with Gasteiger partial charge >= 0.3 is 12.1 Å². The molecule has 0 aromatic carbocycles. The molecule has 2 atom stereocenters. The Hall–Kier alpha value is -5.92. The van der Waals surface area contributed by atoms with E-state index in [1.165, 1.54) is 31.6 Å². The first-order valence-electron chi connectivity index (χ1n) is 19.6. The van der Waals surface area contributed by atoms with Gasteiger partial charge in [-0.15, -0.1) is 11.3 Å². The molecule has 20 heteroatoms. The first-order valence-corrected chi connectivity index (χ1v) is 20.5. The zero-order chi connectivity index (χ0) is 44.3. The van der Waals surface area contributed by atoms with Crippen LogP contribution in [0.5, 0.6) is 11.5 Å². The van der Waals surface area contributed by atoms with Gasteiger partial charge in [-0.25, -0.2) is 29.5 Å². The van der Waals surface area contributed by atoms with E-state index in [-0.39, 0.29) is 28.8 Å². The van der Waals surface area contributed by atoms with Gasteiger partial charge in [0.1, 0.15) is 28.6 Å². The van der Waals surface area contributed by atoms with E-state index in [1.807, 2.05) is 0 Å². The van der Waals surface area contributed by atoms with E-state index in [0.717, 1.165) is 37.0 Å². The van der Waals surface area contributed by atoms with Crippen LogP contribution in [0.2, 0.25) is 0 Å². The van der Waals surface area contributed by atoms with E-state index in [4.69, 9.17) is 23.8 Å². The van der Waals surface area contributed by atoms with Gasteiger partial charge in [-0.1, -0.05) is 31.8 Å². The number of unbranched alkanes of at least 4 members (excludes halogenated alkanes) is 2. The maximum Gasteiger partial charge on any atom is 0.413 e. The summed E-state index contributed by atoms with van der Waals surface area (Å²) in [4.78, 5) is 87.8. The summed E-state index contributed by atoms with van der Waals surface area (Å²) in [5, 5.41) is 16.0. The number of oxime groups is 1. The Balaban J connectivity index is 1.44. The molecule has 326 valence electrons. The quantitative estimate of drug-likeness (QED) is 0.0410. The Morgan fingerprint density at radius 3 is 2.10 bits per heavy atom. The van der Waals surface area contributed by atoms with Crippen molar-refractivity contribution >= 4 is 52.0 Å². The van der Waals surface area contributed by atoms with Gasteiger partial charge in [0, 0.05) is 30.4 Å². The number of aromatic nitrogens is 4. The minimum absolute atomic E-state index is 0.0386. The molecular weight excluding hydrogens is 799 g/mol. The Labute approximate surface area is 353 Å². The maximum atomic E-state index is 13.8. The van der Waals surface area contributed by atoms with Crippen molar-refractivity contribution in [2.24, 2.45) is 5.16 Å². The summed E-state index contributed by atoms with van der Waals surface area (Å²) in [6.07, 6.45) is 7.20. The van der Waals surface area contributed by atoms with Crippen LogP contribution in [-0.2, 0) is 28.7 Å².